The van der Waals surface area contributed by atoms with Crippen molar-refractivity contribution in [2.45, 2.75) is 71.4 Å². The van der Waals surface area contributed by atoms with E-state index in [9.17, 15) is 0 Å². The van der Waals surface area contributed by atoms with Crippen LogP contribution >= 0.6 is 0 Å². The first kappa shape index (κ1) is 15.4. The Hall–Kier alpha value is -1.02. The van der Waals surface area contributed by atoms with Crippen LogP contribution in [0.2, 0.25) is 0 Å². The fourth-order valence-electron chi connectivity index (χ4n) is 3.35. The average molecular weight is 275 g/mol. The summed E-state index contributed by atoms with van der Waals surface area (Å²) in [6.45, 7) is 8.77. The van der Waals surface area contributed by atoms with Gasteiger partial charge in [0.05, 0.1) is 0 Å². The molecule has 0 amide bonds. The van der Waals surface area contributed by atoms with Gasteiger partial charge in [-0.05, 0) is 49.8 Å². The van der Waals surface area contributed by atoms with E-state index in [0.29, 0.717) is 5.92 Å². The third-order valence-corrected chi connectivity index (χ3v) is 4.30. The van der Waals surface area contributed by atoms with Gasteiger partial charge in [-0.2, -0.15) is 0 Å². The van der Waals surface area contributed by atoms with Crippen molar-refractivity contribution < 1.29 is 4.74 Å². The van der Waals surface area contributed by atoms with Crippen molar-refractivity contribution in [2.75, 3.05) is 0 Å². The summed E-state index contributed by atoms with van der Waals surface area (Å²) >= 11 is 0. The van der Waals surface area contributed by atoms with Crippen LogP contribution in [0, 0.1) is 5.92 Å². The summed E-state index contributed by atoms with van der Waals surface area (Å²) in [4.78, 5) is 0. The average Bonchev–Trinajstić information content (AvgIpc) is 2.70. The summed E-state index contributed by atoms with van der Waals surface area (Å²) in [6, 6.07) is 6.69. The molecule has 0 saturated carbocycles. The molecule has 0 aliphatic carbocycles. The number of ether oxygens (including phenoxy) is 1. The number of rotatable bonds is 6. The Morgan fingerprint density at radius 2 is 1.85 bits per heavy atom. The van der Waals surface area contributed by atoms with Crippen LogP contribution in [-0.4, -0.2) is 5.60 Å². The highest BCUT2D eigenvalue weighted by molar-refractivity contribution is 5.42. The molecule has 1 aliphatic rings. The molecule has 0 aromatic heterocycles. The van der Waals surface area contributed by atoms with Crippen LogP contribution in [0.4, 0.5) is 0 Å². The molecule has 0 radical (unpaired) electrons. The smallest absolute Gasteiger partial charge is 0.123 e. The second-order valence-electron chi connectivity index (χ2n) is 6.77. The summed E-state index contributed by atoms with van der Waals surface area (Å²) in [5, 5.41) is 0. The minimum atomic E-state index is -0.0721. The first-order valence-electron chi connectivity index (χ1n) is 8.04. The minimum Gasteiger partial charge on any atom is -0.487 e. The van der Waals surface area contributed by atoms with Crippen molar-refractivity contribution in [3.8, 4) is 5.75 Å². The molecule has 2 nitrogen and oxygen atoms in total. The van der Waals surface area contributed by atoms with Gasteiger partial charge in [-0.25, -0.2) is 0 Å². The summed E-state index contributed by atoms with van der Waals surface area (Å²) < 4.78 is 5.94. The molecule has 2 N–H and O–H groups in total. The lowest BCUT2D eigenvalue weighted by atomic mass is 9.86. The fraction of sp³-hybridized carbons (Fsp3) is 0.667. The van der Waals surface area contributed by atoms with Gasteiger partial charge in [0, 0.05) is 12.5 Å². The summed E-state index contributed by atoms with van der Waals surface area (Å²) in [6.07, 6.45) is 5.83. The molecule has 20 heavy (non-hydrogen) atoms. The Morgan fingerprint density at radius 1 is 1.20 bits per heavy atom. The highest BCUT2D eigenvalue weighted by atomic mass is 16.5. The predicted molar refractivity (Wildman–Crippen MR) is 85.1 cm³/mol. The van der Waals surface area contributed by atoms with Crippen LogP contribution < -0.4 is 10.5 Å². The van der Waals surface area contributed by atoms with Crippen LogP contribution in [0.25, 0.3) is 0 Å². The van der Waals surface area contributed by atoms with Gasteiger partial charge in [0.15, 0.2) is 0 Å². The van der Waals surface area contributed by atoms with E-state index in [1.807, 2.05) is 0 Å². The van der Waals surface area contributed by atoms with Crippen molar-refractivity contribution >= 4 is 0 Å². The molecule has 2 heteroatoms. The standard InChI is InChI=1S/C18H29NO/c1-5-7-13(8-6-2)17(19)14-9-10-16-15(11-14)12-18(3,4)20-16/h9-11,13,17H,5-8,12,19H2,1-4H3. The van der Waals surface area contributed by atoms with Crippen LogP contribution in [0.3, 0.4) is 0 Å². The molecular formula is C18H29NO. The molecule has 1 aromatic rings. The SMILES string of the molecule is CCCC(CCC)C(N)c1ccc2c(c1)CC(C)(C)O2. The van der Waals surface area contributed by atoms with Crippen molar-refractivity contribution in [2.24, 2.45) is 11.7 Å². The Kier molecular flexibility index (Phi) is 4.74. The third-order valence-electron chi connectivity index (χ3n) is 4.30. The zero-order valence-corrected chi connectivity index (χ0v) is 13.4. The van der Waals surface area contributed by atoms with Gasteiger partial charge in [0.2, 0.25) is 0 Å². The lowest BCUT2D eigenvalue weighted by Crippen LogP contribution is -2.24. The lowest BCUT2D eigenvalue weighted by Gasteiger charge is -2.24. The van der Waals surface area contributed by atoms with Crippen molar-refractivity contribution in [3.63, 3.8) is 0 Å². The summed E-state index contributed by atoms with van der Waals surface area (Å²) in [7, 11) is 0. The molecule has 0 spiro atoms. The molecule has 112 valence electrons. The Bertz CT molecular complexity index is 447. The Balaban J connectivity index is 2.17. The predicted octanol–water partition coefficient (Wildman–Crippen LogP) is 4.62. The number of fused-ring (bicyclic) bond motifs is 1. The van der Waals surface area contributed by atoms with E-state index in [-0.39, 0.29) is 11.6 Å². The van der Waals surface area contributed by atoms with Gasteiger partial charge in [-0.15, -0.1) is 0 Å². The number of benzene rings is 1. The van der Waals surface area contributed by atoms with Crippen LogP contribution in [0.1, 0.15) is 70.5 Å². The molecule has 1 aromatic carbocycles. The minimum absolute atomic E-state index is 0.0721. The molecule has 1 atom stereocenters. The van der Waals surface area contributed by atoms with E-state index in [1.54, 1.807) is 0 Å². The third kappa shape index (κ3) is 3.35. The lowest BCUT2D eigenvalue weighted by molar-refractivity contribution is 0.138. The maximum absolute atomic E-state index is 6.53. The molecule has 0 fully saturated rings. The van der Waals surface area contributed by atoms with Crippen molar-refractivity contribution in [3.05, 3.63) is 29.3 Å². The van der Waals surface area contributed by atoms with E-state index in [1.165, 1.54) is 36.8 Å². The molecule has 1 unspecified atom stereocenters. The molecule has 1 aliphatic heterocycles. The normalized spacial score (nSPS) is 17.9. The van der Waals surface area contributed by atoms with Gasteiger partial charge in [-0.1, -0.05) is 38.8 Å². The highest BCUT2D eigenvalue weighted by Crippen LogP contribution is 2.37. The van der Waals surface area contributed by atoms with Crippen molar-refractivity contribution in [1.82, 2.24) is 0 Å². The zero-order chi connectivity index (χ0) is 14.8. The quantitative estimate of drug-likeness (QED) is 0.822. The topological polar surface area (TPSA) is 35.2 Å². The first-order chi connectivity index (χ1) is 9.46. The van der Waals surface area contributed by atoms with Gasteiger partial charge >= 0.3 is 0 Å². The Labute approximate surface area is 123 Å². The fourth-order valence-corrected chi connectivity index (χ4v) is 3.35. The van der Waals surface area contributed by atoms with Gasteiger partial charge < -0.3 is 10.5 Å². The van der Waals surface area contributed by atoms with E-state index >= 15 is 0 Å². The Morgan fingerprint density at radius 3 is 2.45 bits per heavy atom. The maximum Gasteiger partial charge on any atom is 0.123 e. The monoisotopic (exact) mass is 275 g/mol. The largest absolute Gasteiger partial charge is 0.487 e. The molecule has 2 rings (SSSR count). The molecule has 1 heterocycles. The highest BCUT2D eigenvalue weighted by Gasteiger charge is 2.30. The molecular weight excluding hydrogens is 246 g/mol. The molecule has 0 bridgehead atoms. The van der Waals surface area contributed by atoms with Crippen LogP contribution in [0.5, 0.6) is 5.75 Å². The number of hydrogen-bond donors (Lipinski definition) is 1. The van der Waals surface area contributed by atoms with Gasteiger partial charge in [0.25, 0.3) is 0 Å². The van der Waals surface area contributed by atoms with E-state index in [4.69, 9.17) is 10.5 Å². The van der Waals surface area contributed by atoms with Gasteiger partial charge in [-0.3, -0.25) is 0 Å². The second kappa shape index (κ2) is 6.17. The second-order valence-corrected chi connectivity index (χ2v) is 6.77. The van der Waals surface area contributed by atoms with Gasteiger partial charge in [0.1, 0.15) is 11.4 Å². The number of nitrogens with two attached hydrogens (primary N) is 1. The van der Waals surface area contributed by atoms with Crippen LogP contribution in [0.15, 0.2) is 18.2 Å². The van der Waals surface area contributed by atoms with Crippen LogP contribution in [-0.2, 0) is 6.42 Å². The molecule has 0 saturated heterocycles. The first-order valence-corrected chi connectivity index (χ1v) is 8.04. The van der Waals surface area contributed by atoms with Crippen molar-refractivity contribution in [1.29, 1.82) is 0 Å². The number of hydrogen-bond acceptors (Lipinski definition) is 2. The van der Waals surface area contributed by atoms with E-state index in [2.05, 4.69) is 45.9 Å². The summed E-state index contributed by atoms with van der Waals surface area (Å²) in [5.74, 6) is 1.63. The van der Waals surface area contributed by atoms with E-state index in [0.717, 1.165) is 12.2 Å². The van der Waals surface area contributed by atoms with E-state index < -0.39 is 0 Å². The summed E-state index contributed by atoms with van der Waals surface area (Å²) in [5.41, 5.74) is 9.05. The zero-order valence-electron chi connectivity index (χ0n) is 13.4. The maximum atomic E-state index is 6.53.